The number of carbonyl (C=O) groups excluding carboxylic acids is 1. The van der Waals surface area contributed by atoms with Gasteiger partial charge in [-0.25, -0.2) is 0 Å². The molecule has 0 unspecified atom stereocenters. The molecule has 2 atom stereocenters. The lowest BCUT2D eigenvalue weighted by molar-refractivity contribution is -0.124. The summed E-state index contributed by atoms with van der Waals surface area (Å²) in [5.41, 5.74) is 0.0559. The van der Waals surface area contributed by atoms with Gasteiger partial charge in [-0.3, -0.25) is 4.79 Å². The molecule has 1 N–H and O–H groups in total. The van der Waals surface area contributed by atoms with Gasteiger partial charge in [0.05, 0.1) is 12.1 Å². The SMILES string of the molecule is C[C@@H](NC(=O)CC(C)(C)C)[C@H]1CCCO1. The number of hydrogen-bond acceptors (Lipinski definition) is 2. The van der Waals surface area contributed by atoms with E-state index >= 15 is 0 Å². The molecule has 1 fully saturated rings. The Labute approximate surface area is 92.6 Å². The van der Waals surface area contributed by atoms with E-state index in [-0.39, 0.29) is 23.5 Å². The molecule has 15 heavy (non-hydrogen) atoms. The second-order valence-corrected chi connectivity index (χ2v) is 5.65. The Balaban J connectivity index is 2.30. The summed E-state index contributed by atoms with van der Waals surface area (Å²) >= 11 is 0. The minimum Gasteiger partial charge on any atom is -0.376 e. The van der Waals surface area contributed by atoms with Gasteiger partial charge in [0.1, 0.15) is 0 Å². The molecule has 0 aromatic rings. The molecule has 1 heterocycles. The first kappa shape index (κ1) is 12.5. The predicted octanol–water partition coefficient (Wildman–Crippen LogP) is 2.11. The Morgan fingerprint density at radius 1 is 1.53 bits per heavy atom. The lowest BCUT2D eigenvalue weighted by Crippen LogP contribution is -2.41. The molecule has 0 aliphatic carbocycles. The average Bonchev–Trinajstić information content (AvgIpc) is 2.50. The fraction of sp³-hybridized carbons (Fsp3) is 0.917. The molecule has 1 aliphatic rings. The molecular formula is C12H23NO2. The summed E-state index contributed by atoms with van der Waals surface area (Å²) in [6.45, 7) is 9.08. The normalized spacial score (nSPS) is 23.9. The highest BCUT2D eigenvalue weighted by molar-refractivity contribution is 5.76. The summed E-state index contributed by atoms with van der Waals surface area (Å²) in [5, 5.41) is 3.01. The highest BCUT2D eigenvalue weighted by atomic mass is 16.5. The van der Waals surface area contributed by atoms with E-state index in [0.29, 0.717) is 6.42 Å². The second-order valence-electron chi connectivity index (χ2n) is 5.65. The van der Waals surface area contributed by atoms with Gasteiger partial charge in [0.25, 0.3) is 0 Å². The van der Waals surface area contributed by atoms with E-state index in [4.69, 9.17) is 4.74 Å². The van der Waals surface area contributed by atoms with Gasteiger partial charge in [-0.05, 0) is 25.2 Å². The summed E-state index contributed by atoms with van der Waals surface area (Å²) in [7, 11) is 0. The van der Waals surface area contributed by atoms with E-state index in [2.05, 4.69) is 26.1 Å². The first-order chi connectivity index (χ1) is 6.88. The van der Waals surface area contributed by atoms with Gasteiger partial charge in [0.15, 0.2) is 0 Å². The maximum Gasteiger partial charge on any atom is 0.220 e. The Morgan fingerprint density at radius 2 is 2.20 bits per heavy atom. The molecule has 0 spiro atoms. The minimum atomic E-state index is 0.0559. The number of rotatable bonds is 3. The smallest absolute Gasteiger partial charge is 0.220 e. The number of ether oxygens (including phenoxy) is 1. The molecule has 1 amide bonds. The van der Waals surface area contributed by atoms with Crippen LogP contribution < -0.4 is 5.32 Å². The highest BCUT2D eigenvalue weighted by Crippen LogP contribution is 2.19. The maximum absolute atomic E-state index is 11.7. The lowest BCUT2D eigenvalue weighted by atomic mass is 9.92. The van der Waals surface area contributed by atoms with Crippen LogP contribution in [0.25, 0.3) is 0 Å². The molecule has 3 heteroatoms. The topological polar surface area (TPSA) is 38.3 Å². The molecule has 0 bridgehead atoms. The summed E-state index contributed by atoms with van der Waals surface area (Å²) in [5.74, 6) is 0.130. The maximum atomic E-state index is 11.7. The first-order valence-corrected chi connectivity index (χ1v) is 5.79. The number of nitrogens with one attached hydrogen (secondary N) is 1. The number of hydrogen-bond donors (Lipinski definition) is 1. The van der Waals surface area contributed by atoms with Crippen molar-refractivity contribution in [2.75, 3.05) is 6.61 Å². The number of amides is 1. The van der Waals surface area contributed by atoms with Crippen LogP contribution in [0.5, 0.6) is 0 Å². The van der Waals surface area contributed by atoms with Crippen molar-refractivity contribution >= 4 is 5.91 Å². The third kappa shape index (κ3) is 4.65. The largest absolute Gasteiger partial charge is 0.376 e. The van der Waals surface area contributed by atoms with Crippen molar-refractivity contribution in [1.29, 1.82) is 0 Å². The van der Waals surface area contributed by atoms with Crippen LogP contribution >= 0.6 is 0 Å². The fourth-order valence-corrected chi connectivity index (χ4v) is 1.88. The van der Waals surface area contributed by atoms with Gasteiger partial charge < -0.3 is 10.1 Å². The van der Waals surface area contributed by atoms with Crippen LogP contribution in [0, 0.1) is 5.41 Å². The Kier molecular flexibility index (Phi) is 4.14. The number of carbonyl (C=O) groups is 1. The zero-order valence-electron chi connectivity index (χ0n) is 10.3. The van der Waals surface area contributed by atoms with Crippen LogP contribution in [-0.4, -0.2) is 24.7 Å². The third-order valence-electron chi connectivity index (χ3n) is 2.60. The Bertz CT molecular complexity index is 214. The van der Waals surface area contributed by atoms with Crippen LogP contribution in [0.3, 0.4) is 0 Å². The summed E-state index contributed by atoms with van der Waals surface area (Å²) < 4.78 is 5.53. The predicted molar refractivity (Wildman–Crippen MR) is 60.7 cm³/mol. The van der Waals surface area contributed by atoms with E-state index in [1.54, 1.807) is 0 Å². The van der Waals surface area contributed by atoms with Crippen molar-refractivity contribution < 1.29 is 9.53 Å². The third-order valence-corrected chi connectivity index (χ3v) is 2.60. The summed E-state index contributed by atoms with van der Waals surface area (Å²) in [6.07, 6.45) is 2.97. The molecule has 0 aromatic heterocycles. The van der Waals surface area contributed by atoms with Crippen molar-refractivity contribution in [1.82, 2.24) is 5.32 Å². The van der Waals surface area contributed by atoms with Crippen LogP contribution in [-0.2, 0) is 9.53 Å². The van der Waals surface area contributed by atoms with Crippen molar-refractivity contribution in [3.63, 3.8) is 0 Å². The van der Waals surface area contributed by atoms with Crippen molar-refractivity contribution in [2.24, 2.45) is 5.41 Å². The Morgan fingerprint density at radius 3 is 2.67 bits per heavy atom. The molecule has 1 aliphatic heterocycles. The zero-order chi connectivity index (χ0) is 11.5. The van der Waals surface area contributed by atoms with Crippen LogP contribution in [0.2, 0.25) is 0 Å². The van der Waals surface area contributed by atoms with Gasteiger partial charge in [0.2, 0.25) is 5.91 Å². The highest BCUT2D eigenvalue weighted by Gasteiger charge is 2.25. The van der Waals surface area contributed by atoms with E-state index in [0.717, 1.165) is 19.4 Å². The van der Waals surface area contributed by atoms with Gasteiger partial charge in [-0.2, -0.15) is 0 Å². The zero-order valence-corrected chi connectivity index (χ0v) is 10.3. The van der Waals surface area contributed by atoms with Crippen molar-refractivity contribution in [2.45, 2.75) is 59.1 Å². The van der Waals surface area contributed by atoms with E-state index < -0.39 is 0 Å². The monoisotopic (exact) mass is 213 g/mol. The van der Waals surface area contributed by atoms with Gasteiger partial charge in [0, 0.05) is 13.0 Å². The van der Waals surface area contributed by atoms with Crippen molar-refractivity contribution in [3.8, 4) is 0 Å². The quantitative estimate of drug-likeness (QED) is 0.779. The van der Waals surface area contributed by atoms with E-state index in [9.17, 15) is 4.79 Å². The standard InChI is InChI=1S/C12H23NO2/c1-9(10-6-5-7-15-10)13-11(14)8-12(2,3)4/h9-10H,5-8H2,1-4H3,(H,13,14)/t9-,10-/m1/s1. The lowest BCUT2D eigenvalue weighted by Gasteiger charge is -2.23. The summed E-state index contributed by atoms with van der Waals surface area (Å²) in [4.78, 5) is 11.7. The molecule has 3 nitrogen and oxygen atoms in total. The molecule has 88 valence electrons. The molecular weight excluding hydrogens is 190 g/mol. The van der Waals surface area contributed by atoms with Crippen molar-refractivity contribution in [3.05, 3.63) is 0 Å². The first-order valence-electron chi connectivity index (χ1n) is 5.79. The minimum absolute atomic E-state index is 0.0559. The Hall–Kier alpha value is -0.570. The van der Waals surface area contributed by atoms with Crippen LogP contribution in [0.1, 0.15) is 47.0 Å². The van der Waals surface area contributed by atoms with Crippen LogP contribution in [0.15, 0.2) is 0 Å². The van der Waals surface area contributed by atoms with Crippen LogP contribution in [0.4, 0.5) is 0 Å². The second kappa shape index (κ2) is 4.97. The van der Waals surface area contributed by atoms with E-state index in [1.165, 1.54) is 0 Å². The summed E-state index contributed by atoms with van der Waals surface area (Å²) in [6, 6.07) is 0.141. The van der Waals surface area contributed by atoms with Gasteiger partial charge >= 0.3 is 0 Å². The van der Waals surface area contributed by atoms with Gasteiger partial charge in [-0.1, -0.05) is 20.8 Å². The molecule has 0 radical (unpaired) electrons. The molecule has 1 rings (SSSR count). The average molecular weight is 213 g/mol. The molecule has 0 aromatic carbocycles. The van der Waals surface area contributed by atoms with E-state index in [1.807, 2.05) is 6.92 Å². The van der Waals surface area contributed by atoms with Gasteiger partial charge in [-0.15, -0.1) is 0 Å². The molecule has 0 saturated carbocycles. The molecule has 1 saturated heterocycles. The fourth-order valence-electron chi connectivity index (χ4n) is 1.88.